The van der Waals surface area contributed by atoms with Crippen molar-refractivity contribution in [2.45, 2.75) is 13.8 Å². The zero-order valence-corrected chi connectivity index (χ0v) is 17.2. The van der Waals surface area contributed by atoms with Crippen molar-refractivity contribution >= 4 is 23.0 Å². The third kappa shape index (κ3) is 5.00. The molecule has 7 heteroatoms. The fourth-order valence-corrected chi connectivity index (χ4v) is 2.80. The molecule has 0 fully saturated rings. The zero-order valence-electron chi connectivity index (χ0n) is 17.2. The first kappa shape index (κ1) is 21.0. The van der Waals surface area contributed by atoms with Gasteiger partial charge in [0.1, 0.15) is 17.3 Å². The molecule has 154 valence electrons. The molecule has 3 rings (SSSR count). The second-order valence-electron chi connectivity index (χ2n) is 7.10. The number of halogens is 1. The fraction of sp³-hybridized carbons (Fsp3) is 0.174. The van der Waals surface area contributed by atoms with Crippen LogP contribution in [0.15, 0.2) is 64.8 Å². The lowest BCUT2D eigenvalue weighted by Crippen LogP contribution is -2.12. The Bertz CT molecular complexity index is 1090. The Hall–Kier alpha value is -3.74. The van der Waals surface area contributed by atoms with E-state index in [2.05, 4.69) is 10.2 Å². The number of aromatic hydroxyl groups is 1. The highest BCUT2D eigenvalue weighted by Gasteiger charge is 2.13. The Morgan fingerprint density at radius 2 is 1.50 bits per heavy atom. The lowest BCUT2D eigenvalue weighted by molar-refractivity contribution is 0.0734. The summed E-state index contributed by atoms with van der Waals surface area (Å²) in [5.74, 6) is -0.519. The first-order valence-corrected chi connectivity index (χ1v) is 9.25. The van der Waals surface area contributed by atoms with Gasteiger partial charge in [0.25, 0.3) is 0 Å². The topological polar surface area (TPSA) is 74.5 Å². The van der Waals surface area contributed by atoms with Crippen molar-refractivity contribution in [2.75, 3.05) is 19.0 Å². The van der Waals surface area contributed by atoms with E-state index in [0.717, 1.165) is 5.69 Å². The summed E-state index contributed by atoms with van der Waals surface area (Å²) in [7, 11) is 3.69. The van der Waals surface area contributed by atoms with Crippen LogP contribution in [-0.4, -0.2) is 25.2 Å². The summed E-state index contributed by atoms with van der Waals surface area (Å²) in [6.07, 6.45) is 0. The molecule has 3 aromatic carbocycles. The Morgan fingerprint density at radius 1 is 0.933 bits per heavy atom. The molecule has 0 amide bonds. The normalized spacial score (nSPS) is 11.0. The van der Waals surface area contributed by atoms with Crippen molar-refractivity contribution in [2.24, 2.45) is 10.2 Å². The minimum absolute atomic E-state index is 0.231. The van der Waals surface area contributed by atoms with Gasteiger partial charge in [-0.2, -0.15) is 10.2 Å². The first-order chi connectivity index (χ1) is 14.2. The summed E-state index contributed by atoms with van der Waals surface area (Å²) in [5, 5.41) is 18.4. The van der Waals surface area contributed by atoms with Crippen LogP contribution in [-0.2, 0) is 0 Å². The van der Waals surface area contributed by atoms with Crippen LogP contribution in [0.3, 0.4) is 0 Å². The minimum Gasteiger partial charge on any atom is -0.507 e. The quantitative estimate of drug-likeness (QED) is 0.327. The van der Waals surface area contributed by atoms with Gasteiger partial charge >= 0.3 is 5.97 Å². The van der Waals surface area contributed by atoms with Gasteiger partial charge in [-0.25, -0.2) is 9.18 Å². The summed E-state index contributed by atoms with van der Waals surface area (Å²) in [4.78, 5) is 14.4. The number of anilines is 1. The first-order valence-electron chi connectivity index (χ1n) is 9.25. The highest BCUT2D eigenvalue weighted by atomic mass is 19.1. The number of esters is 1. The summed E-state index contributed by atoms with van der Waals surface area (Å²) >= 11 is 0. The number of hydrogen-bond donors (Lipinski definition) is 1. The summed E-state index contributed by atoms with van der Waals surface area (Å²) in [6, 6.07) is 13.7. The molecule has 30 heavy (non-hydrogen) atoms. The molecule has 0 aromatic heterocycles. The highest BCUT2D eigenvalue weighted by Crippen LogP contribution is 2.30. The minimum atomic E-state index is -0.585. The standard InChI is InChI=1S/C23H22FN3O3/c1-14-9-18(10-15(2)22(14)28)25-26-19-11-16(12-20(13-19)27(3)4)23(29)30-21-7-5-17(24)6-8-21/h5-13,28H,1-4H3/b26-25+. The smallest absolute Gasteiger partial charge is 0.343 e. The van der Waals surface area contributed by atoms with Gasteiger partial charge in [0.15, 0.2) is 0 Å². The molecule has 0 radical (unpaired) electrons. The van der Waals surface area contributed by atoms with Crippen LogP contribution in [0.25, 0.3) is 0 Å². The van der Waals surface area contributed by atoms with Crippen molar-refractivity contribution in [1.29, 1.82) is 0 Å². The number of aryl methyl sites for hydroxylation is 2. The molecule has 1 N–H and O–H groups in total. The molecule has 0 saturated heterocycles. The molecule has 3 aromatic rings. The van der Waals surface area contributed by atoms with E-state index in [9.17, 15) is 14.3 Å². The SMILES string of the molecule is Cc1cc(/N=N/c2cc(C(=O)Oc3ccc(F)cc3)cc(N(C)C)c2)cc(C)c1O. The van der Waals surface area contributed by atoms with Gasteiger partial charge in [-0.1, -0.05) is 0 Å². The number of carbonyl (C=O) groups excluding carboxylic acids is 1. The molecule has 0 saturated carbocycles. The van der Waals surface area contributed by atoms with Gasteiger partial charge in [-0.05, 0) is 79.6 Å². The average Bonchev–Trinajstić information content (AvgIpc) is 2.71. The highest BCUT2D eigenvalue weighted by molar-refractivity contribution is 5.93. The van der Waals surface area contributed by atoms with E-state index in [-0.39, 0.29) is 17.1 Å². The summed E-state index contributed by atoms with van der Waals surface area (Å²) in [5.41, 5.74) is 3.50. The van der Waals surface area contributed by atoms with Crippen LogP contribution in [0, 0.1) is 19.7 Å². The average molecular weight is 407 g/mol. The lowest BCUT2D eigenvalue weighted by atomic mass is 10.1. The van der Waals surface area contributed by atoms with Crippen molar-refractivity contribution in [3.05, 3.63) is 77.1 Å². The van der Waals surface area contributed by atoms with Crippen molar-refractivity contribution < 1.29 is 19.0 Å². The van der Waals surface area contributed by atoms with E-state index >= 15 is 0 Å². The molecular weight excluding hydrogens is 385 g/mol. The Morgan fingerprint density at radius 3 is 2.07 bits per heavy atom. The number of rotatable bonds is 5. The molecule has 0 spiro atoms. The third-order valence-electron chi connectivity index (χ3n) is 4.44. The molecule has 0 aliphatic heterocycles. The van der Waals surface area contributed by atoms with Crippen molar-refractivity contribution in [3.8, 4) is 11.5 Å². The number of benzene rings is 3. The molecular formula is C23H22FN3O3. The second kappa shape index (κ2) is 8.73. The van der Waals surface area contributed by atoms with E-state index in [0.29, 0.717) is 22.5 Å². The maximum atomic E-state index is 13.1. The van der Waals surface area contributed by atoms with Crippen LogP contribution < -0.4 is 9.64 Å². The third-order valence-corrected chi connectivity index (χ3v) is 4.44. The Kier molecular flexibility index (Phi) is 6.11. The van der Waals surface area contributed by atoms with E-state index in [1.54, 1.807) is 44.2 Å². The zero-order chi connectivity index (χ0) is 21.8. The van der Waals surface area contributed by atoms with Gasteiger partial charge in [-0.15, -0.1) is 0 Å². The molecule has 0 bridgehead atoms. The number of carbonyl (C=O) groups is 1. The van der Waals surface area contributed by atoms with Gasteiger partial charge in [0, 0.05) is 19.8 Å². The lowest BCUT2D eigenvalue weighted by Gasteiger charge is -2.14. The molecule has 0 unspecified atom stereocenters. The Labute approximate surface area is 174 Å². The largest absolute Gasteiger partial charge is 0.507 e. The van der Waals surface area contributed by atoms with Crippen LogP contribution in [0.1, 0.15) is 21.5 Å². The van der Waals surface area contributed by atoms with Crippen LogP contribution >= 0.6 is 0 Å². The van der Waals surface area contributed by atoms with Gasteiger partial charge in [0.05, 0.1) is 16.9 Å². The number of nitrogens with zero attached hydrogens (tertiary/aromatic N) is 3. The van der Waals surface area contributed by atoms with E-state index in [1.807, 2.05) is 19.0 Å². The van der Waals surface area contributed by atoms with E-state index in [4.69, 9.17) is 4.74 Å². The fourth-order valence-electron chi connectivity index (χ4n) is 2.80. The predicted octanol–water partition coefficient (Wildman–Crippen LogP) is 5.85. The molecule has 0 atom stereocenters. The van der Waals surface area contributed by atoms with Crippen LogP contribution in [0.2, 0.25) is 0 Å². The molecule has 0 aliphatic carbocycles. The molecule has 0 aliphatic rings. The second-order valence-corrected chi connectivity index (χ2v) is 7.10. The monoisotopic (exact) mass is 407 g/mol. The van der Waals surface area contributed by atoms with Gasteiger partial charge in [0.2, 0.25) is 0 Å². The summed E-state index contributed by atoms with van der Waals surface area (Å²) < 4.78 is 18.4. The summed E-state index contributed by atoms with van der Waals surface area (Å²) in [6.45, 7) is 3.58. The van der Waals surface area contributed by atoms with E-state index < -0.39 is 11.8 Å². The molecule has 0 heterocycles. The number of ether oxygens (including phenoxy) is 1. The predicted molar refractivity (Wildman–Crippen MR) is 114 cm³/mol. The van der Waals surface area contributed by atoms with Crippen LogP contribution in [0.4, 0.5) is 21.5 Å². The van der Waals surface area contributed by atoms with Gasteiger partial charge < -0.3 is 14.7 Å². The maximum Gasteiger partial charge on any atom is 0.343 e. The number of phenolic OH excluding ortho intramolecular Hbond substituents is 1. The maximum absolute atomic E-state index is 13.1. The number of azo groups is 1. The van der Waals surface area contributed by atoms with Crippen LogP contribution in [0.5, 0.6) is 11.5 Å². The Balaban J connectivity index is 1.90. The number of phenols is 1. The van der Waals surface area contributed by atoms with Crippen molar-refractivity contribution in [1.82, 2.24) is 0 Å². The van der Waals surface area contributed by atoms with Gasteiger partial charge in [-0.3, -0.25) is 0 Å². The number of hydrogen-bond acceptors (Lipinski definition) is 6. The van der Waals surface area contributed by atoms with E-state index in [1.165, 1.54) is 24.3 Å². The van der Waals surface area contributed by atoms with Crippen molar-refractivity contribution in [3.63, 3.8) is 0 Å². The molecule has 6 nitrogen and oxygen atoms in total.